The summed E-state index contributed by atoms with van der Waals surface area (Å²) in [6, 6.07) is 9.48. The first-order valence-corrected chi connectivity index (χ1v) is 9.09. The van der Waals surface area contributed by atoms with Crippen molar-refractivity contribution >= 4 is 23.8 Å². The van der Waals surface area contributed by atoms with Crippen LogP contribution in [0.5, 0.6) is 0 Å². The number of thioether (sulfide) groups is 1. The van der Waals surface area contributed by atoms with Gasteiger partial charge >= 0.3 is 12.1 Å². The van der Waals surface area contributed by atoms with Gasteiger partial charge in [-0.05, 0) is 52.8 Å². The first kappa shape index (κ1) is 19.4. The first-order valence-electron chi connectivity index (χ1n) is 8.27. The Hall–Kier alpha value is -1.95. The van der Waals surface area contributed by atoms with Crippen LogP contribution in [0.2, 0.25) is 0 Å². The Morgan fingerprint density at radius 1 is 1.20 bits per heavy atom. The molecule has 1 atom stereocenters. The molecule has 0 saturated heterocycles. The van der Waals surface area contributed by atoms with Gasteiger partial charge in [0.1, 0.15) is 5.60 Å². The zero-order chi connectivity index (χ0) is 18.7. The van der Waals surface area contributed by atoms with Crippen molar-refractivity contribution in [1.29, 1.82) is 0 Å². The highest BCUT2D eigenvalue weighted by atomic mass is 32.2. The molecule has 0 N–H and O–H groups in total. The van der Waals surface area contributed by atoms with Crippen molar-refractivity contribution in [3.05, 3.63) is 42.5 Å². The topological polar surface area (TPSA) is 55.8 Å². The van der Waals surface area contributed by atoms with E-state index in [1.165, 1.54) is 16.7 Å². The Labute approximate surface area is 153 Å². The average molecular weight is 363 g/mol. The van der Waals surface area contributed by atoms with Crippen molar-refractivity contribution < 1.29 is 19.1 Å². The lowest BCUT2D eigenvalue weighted by molar-refractivity contribution is -0.153. The Bertz CT molecular complexity index is 651. The molecule has 5 nitrogen and oxygen atoms in total. The van der Waals surface area contributed by atoms with Crippen LogP contribution in [0.4, 0.5) is 4.79 Å². The largest absolute Gasteiger partial charge is 0.460 e. The highest BCUT2D eigenvalue weighted by molar-refractivity contribution is 8.01. The van der Waals surface area contributed by atoms with Crippen LogP contribution >= 0.6 is 11.8 Å². The fourth-order valence-electron chi connectivity index (χ4n) is 2.35. The summed E-state index contributed by atoms with van der Waals surface area (Å²) in [5.74, 6) is -0.476. The lowest BCUT2D eigenvalue weighted by Crippen LogP contribution is -2.53. The van der Waals surface area contributed by atoms with Crippen molar-refractivity contribution in [2.45, 2.75) is 56.1 Å². The van der Waals surface area contributed by atoms with Crippen LogP contribution < -0.4 is 0 Å². The third-order valence-electron chi connectivity index (χ3n) is 3.30. The molecule has 1 aromatic rings. The van der Waals surface area contributed by atoms with Crippen LogP contribution in [0, 0.1) is 0 Å². The molecular weight excluding hydrogens is 338 g/mol. The van der Waals surface area contributed by atoms with Gasteiger partial charge in [-0.1, -0.05) is 36.0 Å². The second-order valence-electron chi connectivity index (χ2n) is 7.06. The van der Waals surface area contributed by atoms with Gasteiger partial charge in [0.15, 0.2) is 0 Å². The van der Waals surface area contributed by atoms with Gasteiger partial charge in [0.25, 0.3) is 0 Å². The van der Waals surface area contributed by atoms with Crippen molar-refractivity contribution in [2.75, 3.05) is 6.54 Å². The molecule has 1 aliphatic heterocycles. The van der Waals surface area contributed by atoms with E-state index in [2.05, 4.69) is 0 Å². The molecule has 0 aromatic heterocycles. The van der Waals surface area contributed by atoms with E-state index >= 15 is 0 Å². The van der Waals surface area contributed by atoms with Gasteiger partial charge in [-0.25, -0.2) is 9.59 Å². The molecule has 1 heterocycles. The number of rotatable bonds is 4. The molecule has 136 valence electrons. The second-order valence-corrected chi connectivity index (χ2v) is 8.36. The third-order valence-corrected chi connectivity index (χ3v) is 4.64. The van der Waals surface area contributed by atoms with Gasteiger partial charge < -0.3 is 9.47 Å². The summed E-state index contributed by atoms with van der Waals surface area (Å²) >= 11 is 1.27. The molecule has 1 amide bonds. The minimum Gasteiger partial charge on any atom is -0.460 e. The van der Waals surface area contributed by atoms with Crippen LogP contribution in [-0.2, 0) is 14.3 Å². The summed E-state index contributed by atoms with van der Waals surface area (Å²) in [6.45, 7) is 9.26. The zero-order valence-electron chi connectivity index (χ0n) is 15.3. The Balaban J connectivity index is 2.37. The molecule has 0 radical (unpaired) electrons. The Kier molecular flexibility index (Phi) is 5.83. The predicted octanol–water partition coefficient (Wildman–Crippen LogP) is 4.23. The molecule has 2 rings (SSSR count). The van der Waals surface area contributed by atoms with E-state index in [0.717, 1.165) is 4.90 Å². The quantitative estimate of drug-likeness (QED) is 0.592. The van der Waals surface area contributed by atoms with Gasteiger partial charge in [-0.3, -0.25) is 4.90 Å². The molecule has 0 spiro atoms. The van der Waals surface area contributed by atoms with Crippen molar-refractivity contribution in [3.8, 4) is 0 Å². The number of amides is 1. The summed E-state index contributed by atoms with van der Waals surface area (Å²) in [7, 11) is 0. The molecule has 0 aliphatic carbocycles. The van der Waals surface area contributed by atoms with E-state index in [1.807, 2.05) is 30.3 Å². The molecule has 1 aromatic carbocycles. The van der Waals surface area contributed by atoms with E-state index < -0.39 is 22.5 Å². The van der Waals surface area contributed by atoms with E-state index in [4.69, 9.17) is 9.47 Å². The zero-order valence-corrected chi connectivity index (χ0v) is 16.1. The van der Waals surface area contributed by atoms with Crippen LogP contribution in [0.25, 0.3) is 0 Å². The van der Waals surface area contributed by atoms with Crippen molar-refractivity contribution in [2.24, 2.45) is 0 Å². The summed E-state index contributed by atoms with van der Waals surface area (Å²) in [4.78, 5) is 26.6. The number of hydrogen-bond donors (Lipinski definition) is 0. The van der Waals surface area contributed by atoms with Crippen molar-refractivity contribution in [3.63, 3.8) is 0 Å². The van der Waals surface area contributed by atoms with Gasteiger partial charge in [0.05, 0.1) is 6.10 Å². The second kappa shape index (κ2) is 7.52. The number of carbonyl (C=O) groups is 2. The number of carbonyl (C=O) groups excluding carboxylic acids is 2. The number of benzene rings is 1. The predicted molar refractivity (Wildman–Crippen MR) is 98.3 cm³/mol. The van der Waals surface area contributed by atoms with E-state index in [9.17, 15) is 9.59 Å². The van der Waals surface area contributed by atoms with Crippen LogP contribution in [0.1, 0.15) is 34.6 Å². The van der Waals surface area contributed by atoms with Crippen molar-refractivity contribution in [1.82, 2.24) is 4.90 Å². The molecule has 1 unspecified atom stereocenters. The molecule has 25 heavy (non-hydrogen) atoms. The number of esters is 1. The highest BCUT2D eigenvalue weighted by Gasteiger charge is 2.51. The lowest BCUT2D eigenvalue weighted by Gasteiger charge is -2.36. The Morgan fingerprint density at radius 2 is 1.84 bits per heavy atom. The number of ether oxygens (including phenoxy) is 2. The first-order chi connectivity index (χ1) is 11.6. The highest BCUT2D eigenvalue weighted by Crippen LogP contribution is 2.42. The van der Waals surface area contributed by atoms with E-state index in [1.54, 1.807) is 46.8 Å². The van der Waals surface area contributed by atoms with Gasteiger partial charge in [-0.2, -0.15) is 0 Å². The molecule has 1 aliphatic rings. The third kappa shape index (κ3) is 4.78. The smallest absolute Gasteiger partial charge is 0.412 e. The number of hydrogen-bond acceptors (Lipinski definition) is 5. The van der Waals surface area contributed by atoms with Crippen LogP contribution in [0.15, 0.2) is 47.4 Å². The van der Waals surface area contributed by atoms with Crippen LogP contribution in [0.3, 0.4) is 0 Å². The molecular formula is C19H25NO4S. The summed E-state index contributed by atoms with van der Waals surface area (Å²) < 4.78 is 11.0. The fourth-order valence-corrected chi connectivity index (χ4v) is 3.55. The lowest BCUT2D eigenvalue weighted by atomic mass is 10.2. The fraction of sp³-hybridized carbons (Fsp3) is 0.474. The average Bonchev–Trinajstić information content (AvgIpc) is 2.91. The molecule has 0 bridgehead atoms. The number of nitrogens with zero attached hydrogens (tertiary/aromatic N) is 1. The molecule has 0 saturated carbocycles. The van der Waals surface area contributed by atoms with Gasteiger partial charge in [0, 0.05) is 11.4 Å². The minimum absolute atomic E-state index is 0.282. The Morgan fingerprint density at radius 3 is 2.40 bits per heavy atom. The molecule has 0 fully saturated rings. The van der Waals surface area contributed by atoms with Gasteiger partial charge in [-0.15, -0.1) is 0 Å². The summed E-state index contributed by atoms with van der Waals surface area (Å²) in [5, 5.41) is 0. The SMILES string of the molecule is CC(C)OC(=O)C1(Sc2ccccc2)C=CCN1C(=O)OC(C)(C)C. The maximum atomic E-state index is 12.9. The van der Waals surface area contributed by atoms with E-state index in [0.29, 0.717) is 6.54 Å². The van der Waals surface area contributed by atoms with Gasteiger partial charge in [0.2, 0.25) is 4.87 Å². The normalized spacial score (nSPS) is 20.0. The monoisotopic (exact) mass is 363 g/mol. The maximum absolute atomic E-state index is 12.9. The maximum Gasteiger partial charge on any atom is 0.412 e. The summed E-state index contributed by atoms with van der Waals surface area (Å²) in [5.41, 5.74) is -0.648. The van der Waals surface area contributed by atoms with E-state index in [-0.39, 0.29) is 6.10 Å². The summed E-state index contributed by atoms with van der Waals surface area (Å²) in [6.07, 6.45) is 2.69. The standard InChI is InChI=1S/C19H25NO4S/c1-14(2)23-16(21)19(25-15-10-7-6-8-11-15)12-9-13-20(19)17(22)24-18(3,4)5/h6-12,14H,13H2,1-5H3. The van der Waals surface area contributed by atoms with Crippen LogP contribution in [-0.4, -0.2) is 40.1 Å². The molecule has 6 heteroatoms. The minimum atomic E-state index is -1.27.